The molecule has 1 aromatic carbocycles. The van der Waals surface area contributed by atoms with Gasteiger partial charge in [0.1, 0.15) is 5.30 Å². The van der Waals surface area contributed by atoms with Crippen LogP contribution in [0.15, 0.2) is 24.3 Å². The number of nitro groups is 1. The number of rotatable bonds is 2. The first kappa shape index (κ1) is 10.3. The molecule has 0 amide bonds. The standard InChI is InChI=1S/C6H6NO4PS/c8-7(9)5-3-1-2-4-6(5)12(10,11)13/h1-4H,(H2,10,11,13). The Kier molecular flexibility index (Phi) is 2.77. The molecule has 0 aromatic heterocycles. The fourth-order valence-corrected chi connectivity index (χ4v) is 2.06. The molecule has 2 N–H and O–H groups in total. The molecule has 0 aliphatic rings. The highest BCUT2D eigenvalue weighted by molar-refractivity contribution is 8.12. The molecule has 1 rings (SSSR count). The summed E-state index contributed by atoms with van der Waals surface area (Å²) >= 11 is 4.38. The molecule has 0 heterocycles. The van der Waals surface area contributed by atoms with Gasteiger partial charge < -0.3 is 9.79 Å². The van der Waals surface area contributed by atoms with Crippen LogP contribution in [0.3, 0.4) is 0 Å². The molecule has 0 aliphatic carbocycles. The highest BCUT2D eigenvalue weighted by atomic mass is 32.5. The second-order valence-electron chi connectivity index (χ2n) is 2.29. The van der Waals surface area contributed by atoms with Crippen molar-refractivity contribution in [1.29, 1.82) is 0 Å². The van der Waals surface area contributed by atoms with E-state index in [4.69, 9.17) is 9.79 Å². The number of hydrogen-bond donors (Lipinski definition) is 2. The summed E-state index contributed by atoms with van der Waals surface area (Å²) in [6, 6.07) is 5.34. The van der Waals surface area contributed by atoms with E-state index in [1.54, 1.807) is 0 Å². The average Bonchev–Trinajstić information content (AvgIpc) is 2.03. The summed E-state index contributed by atoms with van der Waals surface area (Å²) in [5.41, 5.74) is -0.351. The van der Waals surface area contributed by atoms with E-state index in [0.717, 1.165) is 0 Å². The third-order valence-electron chi connectivity index (χ3n) is 1.39. The van der Waals surface area contributed by atoms with Gasteiger partial charge in [0.2, 0.25) is 6.49 Å². The lowest BCUT2D eigenvalue weighted by atomic mass is 10.3. The molecule has 0 aliphatic heterocycles. The topological polar surface area (TPSA) is 83.6 Å². The van der Waals surface area contributed by atoms with Gasteiger partial charge >= 0.3 is 0 Å². The van der Waals surface area contributed by atoms with Crippen LogP contribution in [0.4, 0.5) is 5.69 Å². The Labute approximate surface area is 79.0 Å². The molecular formula is C6H6NO4PS. The van der Waals surface area contributed by atoms with Gasteiger partial charge in [-0.05, 0) is 17.9 Å². The van der Waals surface area contributed by atoms with Crippen LogP contribution >= 0.6 is 6.49 Å². The van der Waals surface area contributed by atoms with E-state index >= 15 is 0 Å². The molecule has 0 fully saturated rings. The van der Waals surface area contributed by atoms with Crippen molar-refractivity contribution in [3.8, 4) is 0 Å². The summed E-state index contributed by atoms with van der Waals surface area (Å²) < 4.78 is 0. The van der Waals surface area contributed by atoms with Crippen LogP contribution in [0, 0.1) is 10.1 Å². The van der Waals surface area contributed by atoms with Crippen LogP contribution < -0.4 is 5.30 Å². The van der Waals surface area contributed by atoms with Crippen molar-refractivity contribution in [2.75, 3.05) is 0 Å². The second kappa shape index (κ2) is 3.51. The first-order chi connectivity index (χ1) is 5.93. The van der Waals surface area contributed by atoms with E-state index in [1.165, 1.54) is 24.3 Å². The molecule has 1 aromatic rings. The number of nitro benzene ring substituents is 1. The Balaban J connectivity index is 3.37. The second-order valence-corrected chi connectivity index (χ2v) is 5.39. The van der Waals surface area contributed by atoms with Crippen molar-refractivity contribution < 1.29 is 14.7 Å². The average molecular weight is 219 g/mol. The SMILES string of the molecule is O=[N+]([O-])c1ccccc1P(O)(O)=S. The quantitative estimate of drug-likeness (QED) is 0.430. The van der Waals surface area contributed by atoms with Gasteiger partial charge in [0.15, 0.2) is 0 Å². The zero-order valence-corrected chi connectivity index (χ0v) is 8.03. The largest absolute Gasteiger partial charge is 0.342 e. The first-order valence-corrected chi connectivity index (χ1v) is 5.93. The van der Waals surface area contributed by atoms with Crippen LogP contribution in [0.25, 0.3) is 0 Å². The molecule has 5 nitrogen and oxygen atoms in total. The minimum atomic E-state index is -3.72. The molecule has 0 bridgehead atoms. The van der Waals surface area contributed by atoms with Crippen molar-refractivity contribution in [1.82, 2.24) is 0 Å². The lowest BCUT2D eigenvalue weighted by molar-refractivity contribution is -0.383. The van der Waals surface area contributed by atoms with E-state index < -0.39 is 11.4 Å². The molecule has 13 heavy (non-hydrogen) atoms. The van der Waals surface area contributed by atoms with Crippen molar-refractivity contribution in [2.45, 2.75) is 0 Å². The van der Waals surface area contributed by atoms with Crippen LogP contribution in [0.1, 0.15) is 0 Å². The lowest BCUT2D eigenvalue weighted by Crippen LogP contribution is -2.09. The Morgan fingerprint density at radius 2 is 1.92 bits per heavy atom. The van der Waals surface area contributed by atoms with Crippen molar-refractivity contribution in [3.05, 3.63) is 34.4 Å². The Bertz CT molecular complexity index is 388. The van der Waals surface area contributed by atoms with E-state index in [-0.39, 0.29) is 11.0 Å². The van der Waals surface area contributed by atoms with Gasteiger partial charge in [-0.1, -0.05) is 12.1 Å². The Hall–Kier alpha value is -0.810. The highest BCUT2D eigenvalue weighted by Gasteiger charge is 2.23. The third kappa shape index (κ3) is 2.32. The van der Waals surface area contributed by atoms with Gasteiger partial charge in [-0.3, -0.25) is 10.1 Å². The molecule has 70 valence electrons. The van der Waals surface area contributed by atoms with E-state index in [9.17, 15) is 10.1 Å². The van der Waals surface area contributed by atoms with Gasteiger partial charge in [-0.15, -0.1) is 0 Å². The van der Waals surface area contributed by atoms with Crippen LogP contribution in [0.5, 0.6) is 0 Å². The molecule has 0 saturated carbocycles. The highest BCUT2D eigenvalue weighted by Crippen LogP contribution is 2.37. The maximum Gasteiger partial charge on any atom is 0.282 e. The summed E-state index contributed by atoms with van der Waals surface area (Å²) in [6.07, 6.45) is 0. The summed E-state index contributed by atoms with van der Waals surface area (Å²) in [6.45, 7) is -3.72. The van der Waals surface area contributed by atoms with Gasteiger partial charge in [0.25, 0.3) is 5.69 Å². The zero-order valence-electron chi connectivity index (χ0n) is 6.32. The molecule has 7 heteroatoms. The summed E-state index contributed by atoms with van der Waals surface area (Å²) in [5.74, 6) is 0. The molecule has 0 spiro atoms. The first-order valence-electron chi connectivity index (χ1n) is 3.22. The zero-order chi connectivity index (χ0) is 10.1. The number of nitrogens with zero attached hydrogens (tertiary/aromatic N) is 1. The Morgan fingerprint density at radius 1 is 1.38 bits per heavy atom. The normalized spacial score (nSPS) is 11.2. The molecule has 0 atom stereocenters. The predicted octanol–water partition coefficient (Wildman–Crippen LogP) is 0.514. The third-order valence-corrected chi connectivity index (χ3v) is 2.99. The fraction of sp³-hybridized carbons (Fsp3) is 0. The fourth-order valence-electron chi connectivity index (χ4n) is 0.865. The van der Waals surface area contributed by atoms with E-state index in [2.05, 4.69) is 11.8 Å². The van der Waals surface area contributed by atoms with Gasteiger partial charge in [-0.25, -0.2) is 0 Å². The van der Waals surface area contributed by atoms with Crippen LogP contribution in [-0.2, 0) is 11.8 Å². The van der Waals surface area contributed by atoms with Crippen LogP contribution in [0.2, 0.25) is 0 Å². The number of hydrogen-bond acceptors (Lipinski definition) is 3. The summed E-state index contributed by atoms with van der Waals surface area (Å²) in [4.78, 5) is 27.9. The summed E-state index contributed by atoms with van der Waals surface area (Å²) in [7, 11) is 0. The number of benzene rings is 1. The lowest BCUT2D eigenvalue weighted by Gasteiger charge is -2.06. The minimum absolute atomic E-state index is 0.185. The maximum absolute atomic E-state index is 10.4. The van der Waals surface area contributed by atoms with Gasteiger partial charge in [0, 0.05) is 6.07 Å². The molecular weight excluding hydrogens is 213 g/mol. The monoisotopic (exact) mass is 219 g/mol. The van der Waals surface area contributed by atoms with Crippen molar-refractivity contribution in [2.24, 2.45) is 0 Å². The summed E-state index contributed by atoms with van der Waals surface area (Å²) in [5, 5.41) is 10.2. The molecule has 0 saturated heterocycles. The van der Waals surface area contributed by atoms with Crippen molar-refractivity contribution >= 4 is 29.3 Å². The minimum Gasteiger partial charge on any atom is -0.342 e. The van der Waals surface area contributed by atoms with Gasteiger partial charge in [-0.2, -0.15) is 0 Å². The smallest absolute Gasteiger partial charge is 0.282 e. The maximum atomic E-state index is 10.4. The van der Waals surface area contributed by atoms with E-state index in [0.29, 0.717) is 0 Å². The molecule has 0 radical (unpaired) electrons. The van der Waals surface area contributed by atoms with E-state index in [1.807, 2.05) is 0 Å². The molecule has 0 unspecified atom stereocenters. The number of para-hydroxylation sites is 1. The van der Waals surface area contributed by atoms with Crippen LogP contribution in [-0.4, -0.2) is 14.7 Å². The predicted molar refractivity (Wildman–Crippen MR) is 51.5 cm³/mol. The Morgan fingerprint density at radius 3 is 2.31 bits per heavy atom. The van der Waals surface area contributed by atoms with Crippen molar-refractivity contribution in [3.63, 3.8) is 0 Å². The van der Waals surface area contributed by atoms with Gasteiger partial charge in [0.05, 0.1) is 4.92 Å².